The van der Waals surface area contributed by atoms with Crippen molar-refractivity contribution in [2.45, 2.75) is 30.3 Å². The quantitative estimate of drug-likeness (QED) is 0.842. The fraction of sp³-hybridized carbons (Fsp3) is 0.312. The lowest BCUT2D eigenvalue weighted by Crippen LogP contribution is -2.19. The van der Waals surface area contributed by atoms with Crippen LogP contribution in [-0.4, -0.2) is 11.5 Å². The summed E-state index contributed by atoms with van der Waals surface area (Å²) in [6, 6.07) is 11.9. The highest BCUT2D eigenvalue weighted by Gasteiger charge is 2.08. The highest BCUT2D eigenvalue weighted by Crippen LogP contribution is 2.33. The summed E-state index contributed by atoms with van der Waals surface area (Å²) in [5.41, 5.74) is 1.21. The molecule has 0 atom stereocenters. The number of halogens is 1. The van der Waals surface area contributed by atoms with Gasteiger partial charge in [0.1, 0.15) is 5.03 Å². The van der Waals surface area contributed by atoms with Gasteiger partial charge < -0.3 is 5.32 Å². The number of hydrogen-bond donors (Lipinski definition) is 1. The Balaban J connectivity index is 2.10. The lowest BCUT2D eigenvalue weighted by Gasteiger charge is -2.11. The first-order valence-electron chi connectivity index (χ1n) is 6.74. The van der Waals surface area contributed by atoms with Gasteiger partial charge in [-0.3, -0.25) is 0 Å². The molecule has 1 aromatic heterocycles. The number of pyridine rings is 1. The molecule has 2 rings (SSSR count). The van der Waals surface area contributed by atoms with E-state index in [2.05, 4.69) is 30.2 Å². The van der Waals surface area contributed by atoms with Crippen molar-refractivity contribution in [1.82, 2.24) is 10.3 Å². The topological polar surface area (TPSA) is 24.9 Å². The summed E-state index contributed by atoms with van der Waals surface area (Å²) >= 11 is 7.82. The number of aromatic nitrogens is 1. The van der Waals surface area contributed by atoms with Crippen LogP contribution in [0.1, 0.15) is 19.4 Å². The standard InChI is InChI=1S/C16H19ClN2S/c1-12(2)10-18-11-13-6-5-9-19-16(13)20-15-8-4-3-7-14(15)17/h3-9,12,18H,10-11H2,1-2H3. The van der Waals surface area contributed by atoms with Crippen molar-refractivity contribution in [3.05, 3.63) is 53.2 Å². The zero-order valence-corrected chi connectivity index (χ0v) is 13.3. The Morgan fingerprint density at radius 1 is 1.20 bits per heavy atom. The number of nitrogens with one attached hydrogen (secondary N) is 1. The number of benzene rings is 1. The van der Waals surface area contributed by atoms with Crippen LogP contribution in [0.2, 0.25) is 5.02 Å². The highest BCUT2D eigenvalue weighted by atomic mass is 35.5. The fourth-order valence-corrected chi connectivity index (χ4v) is 2.93. The summed E-state index contributed by atoms with van der Waals surface area (Å²) in [5.74, 6) is 0.645. The van der Waals surface area contributed by atoms with Crippen molar-refractivity contribution in [1.29, 1.82) is 0 Å². The molecule has 0 saturated heterocycles. The summed E-state index contributed by atoms with van der Waals surface area (Å²) in [6.45, 7) is 6.25. The monoisotopic (exact) mass is 306 g/mol. The van der Waals surface area contributed by atoms with Gasteiger partial charge >= 0.3 is 0 Å². The molecule has 106 valence electrons. The van der Waals surface area contributed by atoms with E-state index >= 15 is 0 Å². The molecular formula is C16H19ClN2S. The van der Waals surface area contributed by atoms with Gasteiger partial charge in [0.05, 0.1) is 5.02 Å². The molecule has 2 nitrogen and oxygen atoms in total. The van der Waals surface area contributed by atoms with Crippen LogP contribution in [0, 0.1) is 5.92 Å². The molecule has 0 amide bonds. The Morgan fingerprint density at radius 2 is 2.00 bits per heavy atom. The molecule has 0 aliphatic rings. The number of rotatable bonds is 6. The van der Waals surface area contributed by atoms with Crippen LogP contribution >= 0.6 is 23.4 Å². The molecule has 0 radical (unpaired) electrons. The van der Waals surface area contributed by atoms with Crippen LogP contribution < -0.4 is 5.32 Å². The molecule has 2 aromatic rings. The second kappa shape index (κ2) is 7.67. The molecule has 0 aliphatic heterocycles. The van der Waals surface area contributed by atoms with Crippen LogP contribution in [0.25, 0.3) is 0 Å². The van der Waals surface area contributed by atoms with Crippen LogP contribution in [0.4, 0.5) is 0 Å². The van der Waals surface area contributed by atoms with Gasteiger partial charge in [-0.25, -0.2) is 4.98 Å². The van der Waals surface area contributed by atoms with Gasteiger partial charge in [0.15, 0.2) is 0 Å². The molecule has 0 saturated carbocycles. The third-order valence-electron chi connectivity index (χ3n) is 2.76. The molecule has 1 aromatic carbocycles. The summed E-state index contributed by atoms with van der Waals surface area (Å²) < 4.78 is 0. The zero-order valence-electron chi connectivity index (χ0n) is 11.8. The van der Waals surface area contributed by atoms with Crippen LogP contribution in [0.5, 0.6) is 0 Å². The molecule has 4 heteroatoms. The zero-order chi connectivity index (χ0) is 14.4. The van der Waals surface area contributed by atoms with Crippen LogP contribution in [0.15, 0.2) is 52.5 Å². The first-order chi connectivity index (χ1) is 9.66. The first-order valence-corrected chi connectivity index (χ1v) is 7.93. The molecular weight excluding hydrogens is 288 g/mol. The maximum absolute atomic E-state index is 6.21. The van der Waals surface area contributed by atoms with E-state index in [1.165, 1.54) is 5.56 Å². The third-order valence-corrected chi connectivity index (χ3v) is 4.34. The van der Waals surface area contributed by atoms with Crippen LogP contribution in [0.3, 0.4) is 0 Å². The Kier molecular flexibility index (Phi) is 5.89. The average molecular weight is 307 g/mol. The number of nitrogens with zero attached hydrogens (tertiary/aromatic N) is 1. The summed E-state index contributed by atoms with van der Waals surface area (Å²) in [4.78, 5) is 5.52. The van der Waals surface area contributed by atoms with Crippen molar-refractivity contribution < 1.29 is 0 Å². The Bertz CT molecular complexity index is 558. The summed E-state index contributed by atoms with van der Waals surface area (Å²) in [5, 5.41) is 5.23. The Hall–Kier alpha value is -1.03. The van der Waals surface area contributed by atoms with E-state index in [-0.39, 0.29) is 0 Å². The Labute approximate surface area is 130 Å². The van der Waals surface area contributed by atoms with Crippen molar-refractivity contribution in [3.63, 3.8) is 0 Å². The van der Waals surface area contributed by atoms with Gasteiger partial charge in [-0.1, -0.05) is 55.4 Å². The van der Waals surface area contributed by atoms with E-state index in [9.17, 15) is 0 Å². The maximum atomic E-state index is 6.21. The van der Waals surface area contributed by atoms with Crippen molar-refractivity contribution in [2.75, 3.05) is 6.54 Å². The lowest BCUT2D eigenvalue weighted by atomic mass is 10.2. The first kappa shape index (κ1) is 15.4. The van der Waals surface area contributed by atoms with E-state index in [1.54, 1.807) is 11.8 Å². The smallest absolute Gasteiger partial charge is 0.105 e. The fourth-order valence-electron chi connectivity index (χ4n) is 1.78. The van der Waals surface area contributed by atoms with Crippen LogP contribution in [-0.2, 0) is 6.54 Å². The molecule has 0 unspecified atom stereocenters. The van der Waals surface area contributed by atoms with Gasteiger partial charge in [-0.2, -0.15) is 0 Å². The molecule has 0 fully saturated rings. The molecule has 0 spiro atoms. The van der Waals surface area contributed by atoms with Gasteiger partial charge in [0.25, 0.3) is 0 Å². The molecule has 0 bridgehead atoms. The SMILES string of the molecule is CC(C)CNCc1cccnc1Sc1ccccc1Cl. The van der Waals surface area contributed by atoms with E-state index in [0.717, 1.165) is 28.0 Å². The van der Waals surface area contributed by atoms with Gasteiger partial charge in [-0.05, 0) is 36.2 Å². The minimum Gasteiger partial charge on any atom is -0.312 e. The lowest BCUT2D eigenvalue weighted by molar-refractivity contribution is 0.549. The van der Waals surface area contributed by atoms with Gasteiger partial charge in [-0.15, -0.1) is 0 Å². The molecule has 0 aliphatic carbocycles. The third kappa shape index (κ3) is 4.51. The van der Waals surface area contributed by atoms with E-state index in [4.69, 9.17) is 11.6 Å². The highest BCUT2D eigenvalue weighted by molar-refractivity contribution is 7.99. The minimum absolute atomic E-state index is 0.645. The van der Waals surface area contributed by atoms with E-state index in [1.807, 2.05) is 36.5 Å². The van der Waals surface area contributed by atoms with E-state index < -0.39 is 0 Å². The average Bonchev–Trinajstić information content (AvgIpc) is 2.43. The largest absolute Gasteiger partial charge is 0.312 e. The normalized spacial score (nSPS) is 11.0. The van der Waals surface area contributed by atoms with Gasteiger partial charge in [0, 0.05) is 17.6 Å². The second-order valence-corrected chi connectivity index (χ2v) is 6.46. The molecule has 20 heavy (non-hydrogen) atoms. The van der Waals surface area contributed by atoms with Crippen molar-refractivity contribution >= 4 is 23.4 Å². The number of hydrogen-bond acceptors (Lipinski definition) is 3. The second-order valence-electron chi connectivity index (χ2n) is 5.02. The van der Waals surface area contributed by atoms with Crippen molar-refractivity contribution in [3.8, 4) is 0 Å². The molecule has 1 heterocycles. The van der Waals surface area contributed by atoms with Gasteiger partial charge in [0.2, 0.25) is 0 Å². The predicted molar refractivity (Wildman–Crippen MR) is 86.4 cm³/mol. The Morgan fingerprint density at radius 3 is 2.75 bits per heavy atom. The maximum Gasteiger partial charge on any atom is 0.105 e. The minimum atomic E-state index is 0.645. The summed E-state index contributed by atoms with van der Waals surface area (Å²) in [6.07, 6.45) is 1.82. The van der Waals surface area contributed by atoms with E-state index in [0.29, 0.717) is 5.92 Å². The molecule has 1 N–H and O–H groups in total. The summed E-state index contributed by atoms with van der Waals surface area (Å²) in [7, 11) is 0. The van der Waals surface area contributed by atoms with Crippen molar-refractivity contribution in [2.24, 2.45) is 5.92 Å². The predicted octanol–water partition coefficient (Wildman–Crippen LogP) is 4.63.